The minimum atomic E-state index is 0.125. The summed E-state index contributed by atoms with van der Waals surface area (Å²) in [5.41, 5.74) is 0. The van der Waals surface area contributed by atoms with E-state index in [4.69, 9.17) is 0 Å². The molecule has 0 aliphatic heterocycles. The molecule has 0 bridgehead atoms. The molecule has 2 aromatic carbocycles. The zero-order valence-corrected chi connectivity index (χ0v) is 11.8. The van der Waals surface area contributed by atoms with E-state index < -0.39 is 0 Å². The van der Waals surface area contributed by atoms with Crippen LogP contribution in [0.1, 0.15) is 0 Å². The molecule has 0 N–H and O–H groups in total. The maximum absolute atomic E-state index is 3.19. The van der Waals surface area contributed by atoms with Crippen molar-refractivity contribution in [1.82, 2.24) is 0 Å². The number of hydrogen-bond donors (Lipinski definition) is 0. The largest absolute Gasteiger partial charge is 0.748 e. The van der Waals surface area contributed by atoms with Crippen LogP contribution in [0.25, 0.3) is 0 Å². The van der Waals surface area contributed by atoms with E-state index in [0.29, 0.717) is 0 Å². The average Bonchev–Trinajstić information content (AvgIpc) is 2.85. The van der Waals surface area contributed by atoms with Crippen molar-refractivity contribution in [2.24, 2.45) is 0 Å². The minimum Gasteiger partial charge on any atom is -0.748 e. The molecule has 0 amide bonds. The molecule has 74 valence electrons. The molecule has 13 heavy (non-hydrogen) atoms. The molecule has 0 nitrogen and oxygen atoms in total. The second-order valence-electron chi connectivity index (χ2n) is 2.00. The van der Waals surface area contributed by atoms with Gasteiger partial charge >= 0.3 is 41.3 Å². The van der Waals surface area contributed by atoms with Gasteiger partial charge in [-0.3, -0.25) is 0 Å². The maximum Gasteiger partial charge on any atom is -0.172 e. The summed E-state index contributed by atoms with van der Waals surface area (Å²) in [5.74, 6) is 0. The second-order valence-corrected chi connectivity index (χ2v) is 9.88. The van der Waals surface area contributed by atoms with Gasteiger partial charge in [0.15, 0.2) is 0 Å². The quantitative estimate of drug-likeness (QED) is 0.490. The van der Waals surface area contributed by atoms with Crippen LogP contribution in [0.15, 0.2) is 60.7 Å². The molecule has 0 aromatic heterocycles. The molecule has 2 aromatic rings. The summed E-state index contributed by atoms with van der Waals surface area (Å²) in [6.07, 6.45) is 0. The van der Waals surface area contributed by atoms with E-state index in [1.807, 2.05) is 60.7 Å². The van der Waals surface area contributed by atoms with E-state index in [9.17, 15) is 0 Å². The summed E-state index contributed by atoms with van der Waals surface area (Å²) in [5, 5.41) is 0. The molecule has 3 heteroatoms. The molecule has 0 spiro atoms. The summed E-state index contributed by atoms with van der Waals surface area (Å²) in [4.78, 5) is 0. The van der Waals surface area contributed by atoms with Gasteiger partial charge in [0.25, 0.3) is 0 Å². The Morgan fingerprint density at radius 1 is 0.769 bits per heavy atom. The standard InChI is InChI=1S/2C5H5.2BrH.Ti/c2*1-2-4-5-3-1;;;/h2*1-5H;2*1H;/q-5;-1;;;+2/p-2. The van der Waals surface area contributed by atoms with Crippen molar-refractivity contribution in [3.05, 3.63) is 60.7 Å². The monoisotopic (exact) mass is 336 g/mol. The first-order valence-electron chi connectivity index (χ1n) is 3.71. The summed E-state index contributed by atoms with van der Waals surface area (Å²) in [6.45, 7) is 0. The van der Waals surface area contributed by atoms with Crippen LogP contribution in [0.3, 0.4) is 0 Å². The normalized spacial score (nSPS) is 7.23. The smallest absolute Gasteiger partial charge is 0.172 e. The molecule has 0 fully saturated rings. The van der Waals surface area contributed by atoms with Crippen LogP contribution in [0.2, 0.25) is 0 Å². The summed E-state index contributed by atoms with van der Waals surface area (Å²) >= 11 is 6.50. The fourth-order valence-corrected chi connectivity index (χ4v) is 0.642. The van der Waals surface area contributed by atoms with Gasteiger partial charge in [-0.15, -0.1) is 0 Å². The summed E-state index contributed by atoms with van der Waals surface area (Å²) < 4.78 is 0. The molecular formula is C10H10Br2Ti-6. The van der Waals surface area contributed by atoms with Crippen molar-refractivity contribution >= 4 is 26.3 Å². The van der Waals surface area contributed by atoms with Crippen molar-refractivity contribution < 1.29 is 15.0 Å². The number of rotatable bonds is 0. The number of hydrogen-bond acceptors (Lipinski definition) is 0. The van der Waals surface area contributed by atoms with E-state index in [-0.39, 0.29) is 15.0 Å². The molecule has 0 atom stereocenters. The SMILES string of the molecule is [Br][Ti][Br].[cH-]1[cH-][cH-][cH-][cH-]1.c1cc[cH-]c1. The zero-order chi connectivity index (χ0) is 9.78. The van der Waals surface area contributed by atoms with Gasteiger partial charge in [0, 0.05) is 0 Å². The number of halogens is 2. The Labute approximate surface area is 101 Å². The predicted octanol–water partition coefficient (Wildman–Crippen LogP) is 4.50. The van der Waals surface area contributed by atoms with Gasteiger partial charge in [-0.25, -0.2) is 12.1 Å². The molecule has 0 radical (unpaired) electrons. The molecule has 2 rings (SSSR count). The first-order chi connectivity index (χ1) is 6.41. The Kier molecular flexibility index (Phi) is 12.7. The van der Waals surface area contributed by atoms with Crippen LogP contribution in [-0.2, 0) is 15.0 Å². The van der Waals surface area contributed by atoms with Crippen LogP contribution in [0.5, 0.6) is 0 Å². The van der Waals surface area contributed by atoms with Gasteiger partial charge in [0.2, 0.25) is 0 Å². The van der Waals surface area contributed by atoms with E-state index in [2.05, 4.69) is 26.3 Å². The van der Waals surface area contributed by atoms with Gasteiger partial charge in [-0.2, -0.15) is 18.2 Å². The van der Waals surface area contributed by atoms with Gasteiger partial charge < -0.3 is 30.3 Å². The molecule has 0 aliphatic carbocycles. The van der Waals surface area contributed by atoms with Crippen LogP contribution in [-0.4, -0.2) is 0 Å². The van der Waals surface area contributed by atoms with Crippen LogP contribution < -0.4 is 0 Å². The van der Waals surface area contributed by atoms with Crippen molar-refractivity contribution in [3.63, 3.8) is 0 Å². The van der Waals surface area contributed by atoms with Crippen molar-refractivity contribution in [3.8, 4) is 0 Å². The Hall–Kier alpha value is 0.374. The third-order valence-electron chi connectivity index (χ3n) is 1.11. The predicted molar refractivity (Wildman–Crippen MR) is 61.9 cm³/mol. The molecule has 0 heterocycles. The molecule has 0 unspecified atom stereocenters. The zero-order valence-electron chi connectivity index (χ0n) is 7.03. The van der Waals surface area contributed by atoms with Crippen molar-refractivity contribution in [2.75, 3.05) is 0 Å². The van der Waals surface area contributed by atoms with E-state index in [1.165, 1.54) is 0 Å². The van der Waals surface area contributed by atoms with Crippen molar-refractivity contribution in [2.45, 2.75) is 0 Å². The average molecular weight is 338 g/mol. The maximum atomic E-state index is 3.19. The topological polar surface area (TPSA) is 0 Å². The van der Waals surface area contributed by atoms with Crippen LogP contribution >= 0.6 is 26.3 Å². The Morgan fingerprint density at radius 3 is 1.23 bits per heavy atom. The fourth-order valence-electron chi connectivity index (χ4n) is 0.642. The van der Waals surface area contributed by atoms with Gasteiger partial charge in [0.1, 0.15) is 0 Å². The van der Waals surface area contributed by atoms with Gasteiger partial charge in [-0.1, -0.05) is 0 Å². The third kappa shape index (κ3) is 12.4. The first kappa shape index (κ1) is 13.4. The van der Waals surface area contributed by atoms with Gasteiger partial charge in [0.05, 0.1) is 0 Å². The molecule has 0 aliphatic rings. The van der Waals surface area contributed by atoms with Crippen LogP contribution in [0.4, 0.5) is 0 Å². The summed E-state index contributed by atoms with van der Waals surface area (Å²) in [6, 6.07) is 20.0. The molecular weight excluding hydrogens is 328 g/mol. The minimum absolute atomic E-state index is 0.125. The van der Waals surface area contributed by atoms with E-state index in [0.717, 1.165) is 0 Å². The first-order valence-corrected chi connectivity index (χ1v) is 11.4. The third-order valence-corrected chi connectivity index (χ3v) is 1.11. The second kappa shape index (κ2) is 12.4. The van der Waals surface area contributed by atoms with E-state index >= 15 is 0 Å². The van der Waals surface area contributed by atoms with Gasteiger partial charge in [-0.05, 0) is 0 Å². The van der Waals surface area contributed by atoms with Crippen molar-refractivity contribution in [1.29, 1.82) is 0 Å². The Bertz CT molecular complexity index is 165. The van der Waals surface area contributed by atoms with Crippen LogP contribution in [0, 0.1) is 0 Å². The summed E-state index contributed by atoms with van der Waals surface area (Å²) in [7, 11) is 0. The fraction of sp³-hybridized carbons (Fsp3) is 0. The molecule has 0 saturated carbocycles. The Morgan fingerprint density at radius 2 is 1.08 bits per heavy atom. The molecule has 0 saturated heterocycles. The van der Waals surface area contributed by atoms with E-state index in [1.54, 1.807) is 0 Å². The Balaban J connectivity index is 0.000000174.